The summed E-state index contributed by atoms with van der Waals surface area (Å²) >= 11 is 0. The van der Waals surface area contributed by atoms with Crippen molar-refractivity contribution in [2.24, 2.45) is 0 Å². The number of halogens is 3. The van der Waals surface area contributed by atoms with Gasteiger partial charge in [-0.2, -0.15) is 0 Å². The van der Waals surface area contributed by atoms with Crippen LogP contribution in [-0.4, -0.2) is 6.54 Å². The van der Waals surface area contributed by atoms with Gasteiger partial charge in [-0.05, 0) is 36.6 Å². The lowest BCUT2D eigenvalue weighted by Gasteiger charge is -2.32. The third-order valence-corrected chi connectivity index (χ3v) is 3.78. The molecule has 5 heteroatoms. The minimum absolute atomic E-state index is 0. The van der Waals surface area contributed by atoms with Gasteiger partial charge in [0.15, 0.2) is 11.6 Å². The topological polar surface area (TPSA) is 29.3 Å². The monoisotopic (exact) mass is 310 g/mol. The highest BCUT2D eigenvalue weighted by Gasteiger charge is 2.20. The van der Waals surface area contributed by atoms with Gasteiger partial charge in [-0.15, -0.1) is 12.4 Å². The van der Waals surface area contributed by atoms with Gasteiger partial charge in [-0.3, -0.25) is 0 Å². The summed E-state index contributed by atoms with van der Waals surface area (Å²) in [4.78, 5) is 2.06. The smallest absolute Gasteiger partial charge is 0.163 e. The van der Waals surface area contributed by atoms with Crippen molar-refractivity contribution in [3.05, 3.63) is 59.2 Å². The van der Waals surface area contributed by atoms with Crippen molar-refractivity contribution in [3.8, 4) is 0 Å². The molecule has 1 aliphatic heterocycles. The third kappa shape index (κ3) is 2.95. The molecule has 0 fully saturated rings. The average Bonchev–Trinajstić information content (AvgIpc) is 2.45. The Kier molecular flexibility index (Phi) is 4.68. The van der Waals surface area contributed by atoms with Gasteiger partial charge in [0.25, 0.3) is 0 Å². The summed E-state index contributed by atoms with van der Waals surface area (Å²) in [6, 6.07) is 10.1. The molecule has 0 aromatic heterocycles. The SMILES string of the molecule is Cl.Nc1cccc2c1CCCN2Cc1cccc(F)c1F. The number of benzene rings is 2. The Balaban J connectivity index is 0.00000161. The van der Waals surface area contributed by atoms with Crippen LogP contribution in [-0.2, 0) is 13.0 Å². The predicted molar refractivity (Wildman–Crippen MR) is 83.8 cm³/mol. The Bertz CT molecular complexity index is 646. The zero-order valence-corrected chi connectivity index (χ0v) is 12.3. The van der Waals surface area contributed by atoms with Crippen molar-refractivity contribution in [2.75, 3.05) is 17.2 Å². The van der Waals surface area contributed by atoms with Crippen LogP contribution < -0.4 is 10.6 Å². The molecular formula is C16H17ClF2N2. The van der Waals surface area contributed by atoms with E-state index in [0.717, 1.165) is 42.4 Å². The molecule has 2 aromatic rings. The fraction of sp³-hybridized carbons (Fsp3) is 0.250. The van der Waals surface area contributed by atoms with Crippen LogP contribution in [0, 0.1) is 11.6 Å². The first-order valence-electron chi connectivity index (χ1n) is 6.72. The zero-order valence-electron chi connectivity index (χ0n) is 11.5. The number of nitrogens with two attached hydrogens (primary N) is 1. The van der Waals surface area contributed by atoms with Crippen molar-refractivity contribution in [1.29, 1.82) is 0 Å². The molecule has 21 heavy (non-hydrogen) atoms. The molecule has 1 aliphatic rings. The summed E-state index contributed by atoms with van der Waals surface area (Å²) in [5.74, 6) is -1.56. The van der Waals surface area contributed by atoms with E-state index in [1.807, 2.05) is 18.2 Å². The summed E-state index contributed by atoms with van der Waals surface area (Å²) in [6.07, 6.45) is 1.91. The van der Waals surface area contributed by atoms with Crippen LogP contribution in [0.2, 0.25) is 0 Å². The second-order valence-electron chi connectivity index (χ2n) is 5.08. The van der Waals surface area contributed by atoms with Gasteiger partial charge >= 0.3 is 0 Å². The molecule has 2 nitrogen and oxygen atoms in total. The molecule has 0 aliphatic carbocycles. The predicted octanol–water partition coefficient (Wildman–Crippen LogP) is 3.92. The standard InChI is InChI=1S/C16H16F2N2.ClH/c17-13-6-1-4-11(16(13)18)10-20-9-3-5-12-14(19)7-2-8-15(12)20;/h1-2,4,6-8H,3,5,9-10,19H2;1H. The largest absolute Gasteiger partial charge is 0.398 e. The molecule has 0 radical (unpaired) electrons. The Morgan fingerprint density at radius 2 is 1.86 bits per heavy atom. The van der Waals surface area contributed by atoms with Crippen LogP contribution in [0.15, 0.2) is 36.4 Å². The van der Waals surface area contributed by atoms with E-state index in [0.29, 0.717) is 12.1 Å². The molecule has 1 heterocycles. The Labute approximate surface area is 129 Å². The first-order chi connectivity index (χ1) is 9.66. The molecule has 0 bridgehead atoms. The van der Waals surface area contributed by atoms with Gasteiger partial charge in [-0.25, -0.2) is 8.78 Å². The van der Waals surface area contributed by atoms with E-state index in [1.165, 1.54) is 6.07 Å². The number of anilines is 2. The van der Waals surface area contributed by atoms with Crippen molar-refractivity contribution in [3.63, 3.8) is 0 Å². The van der Waals surface area contributed by atoms with Crippen LogP contribution in [0.25, 0.3) is 0 Å². The number of hydrogen-bond donors (Lipinski definition) is 1. The fourth-order valence-corrected chi connectivity index (χ4v) is 2.77. The second kappa shape index (κ2) is 6.31. The molecule has 2 aromatic carbocycles. The second-order valence-corrected chi connectivity index (χ2v) is 5.08. The van der Waals surface area contributed by atoms with E-state index in [9.17, 15) is 8.78 Å². The van der Waals surface area contributed by atoms with E-state index in [2.05, 4.69) is 4.90 Å². The summed E-state index contributed by atoms with van der Waals surface area (Å²) < 4.78 is 27.1. The number of rotatable bonds is 2. The molecule has 112 valence electrons. The average molecular weight is 311 g/mol. The number of hydrogen-bond acceptors (Lipinski definition) is 2. The summed E-state index contributed by atoms with van der Waals surface area (Å²) in [5, 5.41) is 0. The number of fused-ring (bicyclic) bond motifs is 1. The highest BCUT2D eigenvalue weighted by atomic mass is 35.5. The molecule has 0 atom stereocenters. The molecule has 0 spiro atoms. The highest BCUT2D eigenvalue weighted by Crippen LogP contribution is 2.32. The highest BCUT2D eigenvalue weighted by molar-refractivity contribution is 5.85. The van der Waals surface area contributed by atoms with Crippen molar-refractivity contribution in [1.82, 2.24) is 0 Å². The Morgan fingerprint density at radius 3 is 2.67 bits per heavy atom. The summed E-state index contributed by atoms with van der Waals surface area (Å²) in [5.41, 5.74) is 9.27. The maximum absolute atomic E-state index is 13.8. The van der Waals surface area contributed by atoms with Crippen LogP contribution in [0.1, 0.15) is 17.5 Å². The van der Waals surface area contributed by atoms with Gasteiger partial charge in [0.1, 0.15) is 0 Å². The Hall–Kier alpha value is -1.81. The van der Waals surface area contributed by atoms with E-state index in [-0.39, 0.29) is 12.4 Å². The van der Waals surface area contributed by atoms with Crippen LogP contribution >= 0.6 is 12.4 Å². The first-order valence-corrected chi connectivity index (χ1v) is 6.72. The molecule has 0 saturated heterocycles. The Morgan fingerprint density at radius 1 is 1.10 bits per heavy atom. The molecule has 0 unspecified atom stereocenters. The lowest BCUT2D eigenvalue weighted by atomic mass is 9.99. The minimum Gasteiger partial charge on any atom is -0.398 e. The van der Waals surface area contributed by atoms with Crippen LogP contribution in [0.3, 0.4) is 0 Å². The third-order valence-electron chi connectivity index (χ3n) is 3.78. The van der Waals surface area contributed by atoms with E-state index in [1.54, 1.807) is 6.07 Å². The van der Waals surface area contributed by atoms with E-state index >= 15 is 0 Å². The maximum Gasteiger partial charge on any atom is 0.163 e. The zero-order chi connectivity index (χ0) is 14.1. The maximum atomic E-state index is 13.8. The van der Waals surface area contributed by atoms with Gasteiger partial charge in [0.2, 0.25) is 0 Å². The number of nitrogens with zero attached hydrogens (tertiary/aromatic N) is 1. The normalized spacial score (nSPS) is 13.5. The van der Waals surface area contributed by atoms with Gasteiger partial charge in [-0.1, -0.05) is 18.2 Å². The molecule has 2 N–H and O–H groups in total. The van der Waals surface area contributed by atoms with Gasteiger partial charge in [0, 0.05) is 30.0 Å². The lowest BCUT2D eigenvalue weighted by Crippen LogP contribution is -2.29. The van der Waals surface area contributed by atoms with Gasteiger partial charge < -0.3 is 10.6 Å². The quantitative estimate of drug-likeness (QED) is 0.852. The molecular weight excluding hydrogens is 294 g/mol. The molecule has 3 rings (SSSR count). The van der Waals surface area contributed by atoms with Crippen molar-refractivity contribution < 1.29 is 8.78 Å². The van der Waals surface area contributed by atoms with Crippen molar-refractivity contribution in [2.45, 2.75) is 19.4 Å². The van der Waals surface area contributed by atoms with Crippen LogP contribution in [0.5, 0.6) is 0 Å². The van der Waals surface area contributed by atoms with E-state index < -0.39 is 11.6 Å². The molecule has 0 amide bonds. The van der Waals surface area contributed by atoms with Gasteiger partial charge in [0.05, 0.1) is 0 Å². The number of nitrogen functional groups attached to an aromatic ring is 1. The fourth-order valence-electron chi connectivity index (χ4n) is 2.77. The lowest BCUT2D eigenvalue weighted by molar-refractivity contribution is 0.496. The first kappa shape index (κ1) is 15.6. The summed E-state index contributed by atoms with van der Waals surface area (Å²) in [6.45, 7) is 1.19. The van der Waals surface area contributed by atoms with E-state index in [4.69, 9.17) is 5.73 Å². The van der Waals surface area contributed by atoms with Crippen molar-refractivity contribution >= 4 is 23.8 Å². The summed E-state index contributed by atoms with van der Waals surface area (Å²) in [7, 11) is 0. The van der Waals surface area contributed by atoms with Crippen LogP contribution in [0.4, 0.5) is 20.2 Å². The molecule has 0 saturated carbocycles. The minimum atomic E-state index is -0.799.